The average Bonchev–Trinajstić information content (AvgIpc) is 3.40. The number of carbonyl (C=O) groups is 2. The zero-order valence-electron chi connectivity index (χ0n) is 21.9. The molecule has 0 amide bonds. The normalized spacial score (nSPS) is 11.6. The number of rotatable bonds is 13. The quantitative estimate of drug-likeness (QED) is 0.0993. The minimum Gasteiger partial charge on any atom is -0.480 e. The second kappa shape index (κ2) is 13.4. The number of carboxylic acids is 2. The van der Waals surface area contributed by atoms with Gasteiger partial charge in [0.1, 0.15) is 29.1 Å². The lowest BCUT2D eigenvalue weighted by molar-refractivity contribution is -0.138. The fraction of sp³-hybridized carbons (Fsp3) is 0.214. The van der Waals surface area contributed by atoms with E-state index >= 15 is 0 Å². The molecule has 1 atom stereocenters. The molecule has 4 rings (SSSR count). The molecule has 214 valence electrons. The van der Waals surface area contributed by atoms with Crippen LogP contribution in [0, 0.1) is 6.92 Å². The third-order valence-corrected chi connectivity index (χ3v) is 6.59. The van der Waals surface area contributed by atoms with Crippen LogP contribution in [0.2, 0.25) is 10.0 Å². The molecule has 0 aliphatic carbocycles. The standard InChI is InChI=1S/C28H28Cl2N6O5/c1-15-34-25(32-12-4-6-21(31)28(39)40)24(26(35-15)36-22-7-3-2-5-18(22)27(37)38)33-14-17-9-11-23(41-17)19-13-16(29)8-10-20(19)30/h2-3,5,7-11,13,21,33H,4,6,12,14,31H2,1H3,(H,37,38)(H,39,40)(H2,32,34,35,36). The highest BCUT2D eigenvalue weighted by Gasteiger charge is 2.18. The summed E-state index contributed by atoms with van der Waals surface area (Å²) in [5.41, 5.74) is 7.14. The fourth-order valence-electron chi connectivity index (χ4n) is 4.00. The monoisotopic (exact) mass is 598 g/mol. The van der Waals surface area contributed by atoms with Crippen molar-refractivity contribution in [2.75, 3.05) is 22.5 Å². The van der Waals surface area contributed by atoms with Gasteiger partial charge in [-0.05, 0) is 62.2 Å². The van der Waals surface area contributed by atoms with Crippen molar-refractivity contribution in [2.24, 2.45) is 5.73 Å². The maximum absolute atomic E-state index is 11.8. The predicted octanol–water partition coefficient (Wildman–Crippen LogP) is 6.01. The van der Waals surface area contributed by atoms with Gasteiger partial charge in [0.25, 0.3) is 0 Å². The number of halogens is 2. The Labute approximate surface area is 245 Å². The molecule has 1 unspecified atom stereocenters. The number of carboxylic acid groups (broad SMARTS) is 2. The molecular weight excluding hydrogens is 571 g/mol. The van der Waals surface area contributed by atoms with Crippen LogP contribution in [-0.2, 0) is 11.3 Å². The summed E-state index contributed by atoms with van der Waals surface area (Å²) in [6.07, 6.45) is 0.746. The Morgan fingerprint density at radius 1 is 1.02 bits per heavy atom. The lowest BCUT2D eigenvalue weighted by atomic mass is 10.1. The Hall–Kier alpha value is -4.32. The van der Waals surface area contributed by atoms with E-state index in [1.807, 2.05) is 0 Å². The van der Waals surface area contributed by atoms with Crippen molar-refractivity contribution >= 4 is 58.2 Å². The molecule has 7 N–H and O–H groups in total. The molecule has 0 fully saturated rings. The van der Waals surface area contributed by atoms with Gasteiger partial charge in [0.05, 0.1) is 22.8 Å². The van der Waals surface area contributed by atoms with Crippen LogP contribution in [0.4, 0.5) is 23.0 Å². The number of anilines is 4. The van der Waals surface area contributed by atoms with Gasteiger partial charge < -0.3 is 36.3 Å². The summed E-state index contributed by atoms with van der Waals surface area (Å²) in [5, 5.41) is 29.3. The van der Waals surface area contributed by atoms with Crippen LogP contribution in [0.3, 0.4) is 0 Å². The average molecular weight is 599 g/mol. The summed E-state index contributed by atoms with van der Waals surface area (Å²) < 4.78 is 6.01. The van der Waals surface area contributed by atoms with Crippen LogP contribution in [0.1, 0.15) is 34.8 Å². The predicted molar refractivity (Wildman–Crippen MR) is 158 cm³/mol. The summed E-state index contributed by atoms with van der Waals surface area (Å²) in [6.45, 7) is 2.31. The number of para-hydroxylation sites is 1. The summed E-state index contributed by atoms with van der Waals surface area (Å²) >= 11 is 12.5. The second-order valence-electron chi connectivity index (χ2n) is 9.08. The van der Waals surface area contributed by atoms with Crippen molar-refractivity contribution in [3.63, 3.8) is 0 Å². The summed E-state index contributed by atoms with van der Waals surface area (Å²) in [5.74, 6) is 0.145. The minimum atomic E-state index is -1.09. The van der Waals surface area contributed by atoms with E-state index in [9.17, 15) is 14.7 Å². The molecule has 4 aromatic rings. The zero-order valence-corrected chi connectivity index (χ0v) is 23.5. The van der Waals surface area contributed by atoms with E-state index in [0.29, 0.717) is 68.9 Å². The molecule has 11 nitrogen and oxygen atoms in total. The topological polar surface area (TPSA) is 176 Å². The number of aliphatic carboxylic acids is 1. The van der Waals surface area contributed by atoms with Gasteiger partial charge in [-0.1, -0.05) is 35.3 Å². The van der Waals surface area contributed by atoms with E-state index < -0.39 is 18.0 Å². The number of nitrogens with two attached hydrogens (primary N) is 1. The number of aryl methyl sites for hydroxylation is 1. The van der Waals surface area contributed by atoms with Crippen LogP contribution in [0.5, 0.6) is 0 Å². The van der Waals surface area contributed by atoms with Crippen molar-refractivity contribution in [2.45, 2.75) is 32.4 Å². The molecule has 2 heterocycles. The molecule has 0 saturated heterocycles. The van der Waals surface area contributed by atoms with Crippen molar-refractivity contribution in [3.8, 4) is 11.3 Å². The summed E-state index contributed by atoms with van der Waals surface area (Å²) in [6, 6.07) is 14.2. The molecule has 41 heavy (non-hydrogen) atoms. The number of hydrogen-bond acceptors (Lipinski definition) is 9. The number of nitrogens with zero attached hydrogens (tertiary/aromatic N) is 2. The van der Waals surface area contributed by atoms with Crippen LogP contribution in [0.25, 0.3) is 11.3 Å². The van der Waals surface area contributed by atoms with E-state index in [0.717, 1.165) is 0 Å². The number of aromatic nitrogens is 2. The van der Waals surface area contributed by atoms with Gasteiger partial charge in [0, 0.05) is 17.1 Å². The smallest absolute Gasteiger partial charge is 0.337 e. The van der Waals surface area contributed by atoms with Crippen LogP contribution >= 0.6 is 23.2 Å². The Kier molecular flexibility index (Phi) is 9.66. The second-order valence-corrected chi connectivity index (χ2v) is 9.92. The van der Waals surface area contributed by atoms with E-state index in [4.69, 9.17) is 38.5 Å². The first-order chi connectivity index (χ1) is 19.6. The van der Waals surface area contributed by atoms with Crippen LogP contribution in [-0.4, -0.2) is 44.7 Å². The molecule has 13 heteroatoms. The highest BCUT2D eigenvalue weighted by atomic mass is 35.5. The first-order valence-electron chi connectivity index (χ1n) is 12.6. The van der Waals surface area contributed by atoms with Gasteiger partial charge >= 0.3 is 11.9 Å². The zero-order chi connectivity index (χ0) is 29.5. The molecule has 0 radical (unpaired) electrons. The molecule has 0 aliphatic heterocycles. The first-order valence-corrected chi connectivity index (χ1v) is 13.4. The molecule has 2 aromatic carbocycles. The SMILES string of the molecule is Cc1nc(NCCCC(N)C(=O)O)c(NCc2ccc(-c3cc(Cl)ccc3Cl)o2)c(Nc2ccccc2C(=O)O)n1. The highest BCUT2D eigenvalue weighted by Crippen LogP contribution is 2.34. The number of nitrogens with one attached hydrogen (secondary N) is 3. The van der Waals surface area contributed by atoms with E-state index in [1.165, 1.54) is 6.07 Å². The molecule has 0 bridgehead atoms. The Morgan fingerprint density at radius 3 is 2.54 bits per heavy atom. The molecule has 2 aromatic heterocycles. The lowest BCUT2D eigenvalue weighted by Gasteiger charge is -2.18. The molecule has 0 spiro atoms. The van der Waals surface area contributed by atoms with Crippen molar-refractivity contribution < 1.29 is 24.2 Å². The van der Waals surface area contributed by atoms with Gasteiger partial charge in [-0.25, -0.2) is 14.8 Å². The molecule has 0 aliphatic rings. The Morgan fingerprint density at radius 2 is 1.78 bits per heavy atom. The van der Waals surface area contributed by atoms with E-state index in [-0.39, 0.29) is 18.5 Å². The minimum absolute atomic E-state index is 0.0703. The molecule has 0 saturated carbocycles. The fourth-order valence-corrected chi connectivity index (χ4v) is 4.38. The third-order valence-electron chi connectivity index (χ3n) is 6.03. The van der Waals surface area contributed by atoms with Gasteiger partial charge in [-0.15, -0.1) is 0 Å². The van der Waals surface area contributed by atoms with Crippen LogP contribution in [0.15, 0.2) is 59.0 Å². The maximum atomic E-state index is 11.8. The summed E-state index contributed by atoms with van der Waals surface area (Å²) in [7, 11) is 0. The Bertz CT molecular complexity index is 1560. The largest absolute Gasteiger partial charge is 0.480 e. The number of hydrogen-bond donors (Lipinski definition) is 6. The van der Waals surface area contributed by atoms with Crippen molar-refractivity contribution in [3.05, 3.63) is 81.8 Å². The van der Waals surface area contributed by atoms with E-state index in [2.05, 4.69) is 25.9 Å². The Balaban J connectivity index is 1.61. The van der Waals surface area contributed by atoms with Gasteiger partial charge in [0.15, 0.2) is 11.6 Å². The number of furan rings is 1. The van der Waals surface area contributed by atoms with Crippen molar-refractivity contribution in [1.82, 2.24) is 9.97 Å². The van der Waals surface area contributed by atoms with Crippen LogP contribution < -0.4 is 21.7 Å². The maximum Gasteiger partial charge on any atom is 0.337 e. The first kappa shape index (κ1) is 29.7. The summed E-state index contributed by atoms with van der Waals surface area (Å²) in [4.78, 5) is 31.9. The van der Waals surface area contributed by atoms with E-state index in [1.54, 1.807) is 55.5 Å². The lowest BCUT2D eigenvalue weighted by Crippen LogP contribution is -2.30. The number of benzene rings is 2. The molecular formula is C28H28Cl2N6O5. The van der Waals surface area contributed by atoms with Gasteiger partial charge in [-0.3, -0.25) is 4.79 Å². The van der Waals surface area contributed by atoms with Gasteiger partial charge in [-0.2, -0.15) is 0 Å². The highest BCUT2D eigenvalue weighted by molar-refractivity contribution is 6.35. The van der Waals surface area contributed by atoms with Crippen molar-refractivity contribution in [1.29, 1.82) is 0 Å². The third kappa shape index (κ3) is 7.66. The number of aromatic carboxylic acids is 1. The van der Waals surface area contributed by atoms with Gasteiger partial charge in [0.2, 0.25) is 0 Å².